The number of carboxylic acid groups (broad SMARTS) is 1. The molecule has 1 aromatic heterocycles. The number of carbonyl (C=O) groups excluding carboxylic acids is 1. The predicted octanol–water partition coefficient (Wildman–Crippen LogP) is 4.26. The summed E-state index contributed by atoms with van der Waals surface area (Å²) in [5, 5.41) is 14.5. The first kappa shape index (κ1) is 24.5. The number of aromatic amines is 1. The molecule has 2 atom stereocenters. The minimum atomic E-state index is -1.03. The van der Waals surface area contributed by atoms with E-state index in [1.807, 2.05) is 36.4 Å². The van der Waals surface area contributed by atoms with Crippen LogP contribution in [-0.4, -0.2) is 57.7 Å². The minimum Gasteiger partial charge on any atom is -0.465 e. The van der Waals surface area contributed by atoms with E-state index in [2.05, 4.69) is 37.6 Å². The van der Waals surface area contributed by atoms with Crippen molar-refractivity contribution in [2.75, 3.05) is 19.6 Å². The number of H-pyrrole nitrogens is 1. The first-order valence-electron chi connectivity index (χ1n) is 12.2. The topological polar surface area (TPSA) is 110 Å². The quantitative estimate of drug-likeness (QED) is 0.288. The van der Waals surface area contributed by atoms with Gasteiger partial charge in [0.2, 0.25) is 0 Å². The monoisotopic (exact) mass is 501 g/mol. The molecule has 5 rings (SSSR count). The van der Waals surface area contributed by atoms with Crippen molar-refractivity contribution >= 4 is 23.0 Å². The van der Waals surface area contributed by atoms with Crippen molar-refractivity contribution in [3.05, 3.63) is 90.0 Å². The zero-order valence-electron chi connectivity index (χ0n) is 20.2. The number of likely N-dealkylation sites (tertiary alicyclic amines) is 1. The number of amides is 2. The Hall–Kier alpha value is -4.24. The molecule has 1 aliphatic rings. The number of aromatic nitrogens is 2. The van der Waals surface area contributed by atoms with E-state index in [4.69, 9.17) is 5.11 Å². The molecule has 190 valence electrons. The zero-order valence-corrected chi connectivity index (χ0v) is 20.2. The van der Waals surface area contributed by atoms with Crippen molar-refractivity contribution in [3.63, 3.8) is 0 Å². The Labute approximate surface area is 213 Å². The highest BCUT2D eigenvalue weighted by molar-refractivity contribution is 5.95. The average Bonchev–Trinajstić information content (AvgIpc) is 3.50. The summed E-state index contributed by atoms with van der Waals surface area (Å²) < 4.78 is 13.3. The van der Waals surface area contributed by atoms with Gasteiger partial charge in [-0.3, -0.25) is 9.69 Å². The maximum absolute atomic E-state index is 13.3. The van der Waals surface area contributed by atoms with Crippen molar-refractivity contribution in [2.24, 2.45) is 5.92 Å². The van der Waals surface area contributed by atoms with Gasteiger partial charge in [-0.05, 0) is 53.3 Å². The summed E-state index contributed by atoms with van der Waals surface area (Å²) in [4.78, 5) is 33.8. The molecule has 0 bridgehead atoms. The normalized spacial score (nSPS) is 17.6. The summed E-state index contributed by atoms with van der Waals surface area (Å²) in [5.41, 5.74) is 4.30. The fourth-order valence-corrected chi connectivity index (χ4v) is 4.92. The largest absolute Gasteiger partial charge is 0.465 e. The first-order chi connectivity index (χ1) is 17.9. The van der Waals surface area contributed by atoms with Crippen molar-refractivity contribution in [1.82, 2.24) is 25.5 Å². The molecule has 2 heterocycles. The molecule has 4 N–H and O–H groups in total. The fourth-order valence-electron chi connectivity index (χ4n) is 4.92. The average molecular weight is 502 g/mol. The van der Waals surface area contributed by atoms with Gasteiger partial charge >= 0.3 is 6.09 Å². The molecule has 3 aromatic carbocycles. The van der Waals surface area contributed by atoms with E-state index >= 15 is 0 Å². The fraction of sp³-hybridized carbons (Fsp3) is 0.250. The molecule has 8 nitrogen and oxygen atoms in total. The van der Waals surface area contributed by atoms with Gasteiger partial charge in [-0.15, -0.1) is 0 Å². The van der Waals surface area contributed by atoms with Gasteiger partial charge in [-0.1, -0.05) is 48.5 Å². The van der Waals surface area contributed by atoms with E-state index < -0.39 is 6.09 Å². The number of carbonyl (C=O) groups is 2. The van der Waals surface area contributed by atoms with Gasteiger partial charge in [0.1, 0.15) is 5.82 Å². The second-order valence-electron chi connectivity index (χ2n) is 9.39. The van der Waals surface area contributed by atoms with E-state index in [-0.39, 0.29) is 29.5 Å². The van der Waals surface area contributed by atoms with Gasteiger partial charge in [0.15, 0.2) is 5.82 Å². The SMILES string of the molecule is O=C(O)NC[C@@H]1C[C@@H](CNC(=O)c2nc3cc(-c4ccc(F)cc4)ccc3[nH]2)N(Cc2ccccc2)C1. The Balaban J connectivity index is 1.26. The van der Waals surface area contributed by atoms with Crippen LogP contribution in [0, 0.1) is 11.7 Å². The number of nitrogens with one attached hydrogen (secondary N) is 3. The van der Waals surface area contributed by atoms with Crippen LogP contribution in [0.15, 0.2) is 72.8 Å². The number of hydrogen-bond acceptors (Lipinski definition) is 4. The summed E-state index contributed by atoms with van der Waals surface area (Å²) in [6.45, 7) is 2.27. The Morgan fingerprint density at radius 1 is 1.00 bits per heavy atom. The third kappa shape index (κ3) is 5.95. The van der Waals surface area contributed by atoms with Crippen LogP contribution in [0.1, 0.15) is 22.6 Å². The van der Waals surface area contributed by atoms with E-state index in [1.165, 1.54) is 17.7 Å². The maximum atomic E-state index is 13.3. The third-order valence-corrected chi connectivity index (χ3v) is 6.76. The van der Waals surface area contributed by atoms with Gasteiger partial charge < -0.3 is 20.7 Å². The van der Waals surface area contributed by atoms with Crippen LogP contribution in [0.2, 0.25) is 0 Å². The second-order valence-corrected chi connectivity index (χ2v) is 9.39. The highest BCUT2D eigenvalue weighted by atomic mass is 19.1. The number of halogens is 1. The second kappa shape index (κ2) is 10.8. The Morgan fingerprint density at radius 2 is 1.76 bits per heavy atom. The molecular weight excluding hydrogens is 473 g/mol. The molecular formula is C28H28FN5O3. The molecule has 0 unspecified atom stereocenters. The van der Waals surface area contributed by atoms with Gasteiger partial charge in [-0.2, -0.15) is 0 Å². The zero-order chi connectivity index (χ0) is 25.8. The molecule has 0 radical (unpaired) electrons. The molecule has 0 aliphatic carbocycles. The lowest BCUT2D eigenvalue weighted by molar-refractivity contribution is 0.0930. The summed E-state index contributed by atoms with van der Waals surface area (Å²) in [7, 11) is 0. The van der Waals surface area contributed by atoms with Crippen LogP contribution >= 0.6 is 0 Å². The number of rotatable bonds is 8. The van der Waals surface area contributed by atoms with Crippen molar-refractivity contribution < 1.29 is 19.1 Å². The van der Waals surface area contributed by atoms with Crippen LogP contribution in [0.25, 0.3) is 22.2 Å². The van der Waals surface area contributed by atoms with E-state index in [9.17, 15) is 14.0 Å². The number of hydrogen-bond donors (Lipinski definition) is 4. The first-order valence-corrected chi connectivity index (χ1v) is 12.2. The lowest BCUT2D eigenvalue weighted by atomic mass is 10.1. The van der Waals surface area contributed by atoms with Crippen molar-refractivity contribution in [3.8, 4) is 11.1 Å². The molecule has 0 saturated carbocycles. The summed E-state index contributed by atoms with van der Waals surface area (Å²) in [5.74, 6) is -0.204. The molecule has 2 amide bonds. The molecule has 0 spiro atoms. The van der Waals surface area contributed by atoms with Gasteiger partial charge in [0.25, 0.3) is 5.91 Å². The third-order valence-electron chi connectivity index (χ3n) is 6.76. The number of benzene rings is 3. The highest BCUT2D eigenvalue weighted by Crippen LogP contribution is 2.26. The van der Waals surface area contributed by atoms with Gasteiger partial charge in [0.05, 0.1) is 11.0 Å². The van der Waals surface area contributed by atoms with Crippen molar-refractivity contribution in [1.29, 1.82) is 0 Å². The molecule has 1 saturated heterocycles. The standard InChI is InChI=1S/C28H28FN5O3/c29-22-9-6-20(7-10-22)21-8-11-24-25(13-21)33-26(32-24)27(35)30-15-23-12-19(14-31-28(36)37)17-34(23)16-18-4-2-1-3-5-18/h1-11,13,19,23,31H,12,14-17H2,(H,30,35)(H,32,33)(H,36,37)/t19-,23-/m0/s1. The van der Waals surface area contributed by atoms with Crippen LogP contribution in [0.5, 0.6) is 0 Å². The lowest BCUT2D eigenvalue weighted by Crippen LogP contribution is -2.40. The Bertz CT molecular complexity index is 1390. The predicted molar refractivity (Wildman–Crippen MR) is 139 cm³/mol. The molecule has 1 fully saturated rings. The van der Waals surface area contributed by atoms with Crippen LogP contribution in [-0.2, 0) is 6.54 Å². The maximum Gasteiger partial charge on any atom is 0.404 e. The van der Waals surface area contributed by atoms with E-state index in [0.29, 0.717) is 18.6 Å². The van der Waals surface area contributed by atoms with E-state index in [0.717, 1.165) is 36.2 Å². The van der Waals surface area contributed by atoms with Gasteiger partial charge in [-0.25, -0.2) is 14.2 Å². The number of nitrogens with zero attached hydrogens (tertiary/aromatic N) is 2. The van der Waals surface area contributed by atoms with Gasteiger partial charge in [0, 0.05) is 32.2 Å². The van der Waals surface area contributed by atoms with Crippen LogP contribution in [0.3, 0.4) is 0 Å². The smallest absolute Gasteiger partial charge is 0.404 e. The molecule has 9 heteroatoms. The summed E-state index contributed by atoms with van der Waals surface area (Å²) >= 11 is 0. The molecule has 37 heavy (non-hydrogen) atoms. The van der Waals surface area contributed by atoms with Crippen LogP contribution < -0.4 is 10.6 Å². The molecule has 1 aliphatic heterocycles. The number of imidazole rings is 1. The number of fused-ring (bicyclic) bond motifs is 1. The van der Waals surface area contributed by atoms with Crippen LogP contribution in [0.4, 0.5) is 9.18 Å². The Morgan fingerprint density at radius 3 is 2.51 bits per heavy atom. The highest BCUT2D eigenvalue weighted by Gasteiger charge is 2.32. The van der Waals surface area contributed by atoms with Crippen molar-refractivity contribution in [2.45, 2.75) is 19.0 Å². The summed E-state index contributed by atoms with van der Waals surface area (Å²) in [6.07, 6.45) is -0.256. The molecule has 4 aromatic rings. The summed E-state index contributed by atoms with van der Waals surface area (Å²) in [6, 6.07) is 22.0. The Kier molecular flexibility index (Phi) is 7.14. The lowest BCUT2D eigenvalue weighted by Gasteiger charge is -2.24. The minimum absolute atomic E-state index is 0.0687. The van der Waals surface area contributed by atoms with E-state index in [1.54, 1.807) is 12.1 Å².